The SMILES string of the molecule is COC(=O)CC1CCN(Cc2cc(Oc3cnc(N4CCC5CNCCC54)nc3)nc(-c3cc(Cl)cc(Cl)c3)c2)CC1. The molecule has 1 aromatic carbocycles. The Kier molecular flexibility index (Phi) is 9.09. The van der Waals surface area contributed by atoms with E-state index < -0.39 is 0 Å². The molecule has 3 fully saturated rings. The van der Waals surface area contributed by atoms with E-state index in [-0.39, 0.29) is 5.97 Å². The van der Waals surface area contributed by atoms with Crippen LogP contribution in [0.1, 0.15) is 37.7 Å². The second-order valence-electron chi connectivity index (χ2n) is 11.5. The van der Waals surface area contributed by atoms with Crippen LogP contribution in [0.4, 0.5) is 5.95 Å². The standard InChI is InChI=1S/C31H36Cl2N6O3/c1-41-30(40)12-20-3-7-38(8-4-20)19-21-10-27(23-13-24(32)15-25(33)14-23)37-29(11-21)42-26-17-35-31(36-18-26)39-9-5-22-16-34-6-2-28(22)39/h10-11,13-15,17-18,20,22,28,34H,2-9,12,16,19H2,1H3. The van der Waals surface area contributed by atoms with Crippen LogP contribution in [0.3, 0.4) is 0 Å². The lowest BCUT2D eigenvalue weighted by Crippen LogP contribution is -2.44. The van der Waals surface area contributed by atoms with Gasteiger partial charge in [0.05, 0.1) is 25.2 Å². The van der Waals surface area contributed by atoms with Crippen LogP contribution >= 0.6 is 23.2 Å². The highest BCUT2D eigenvalue weighted by Crippen LogP contribution is 2.33. The predicted molar refractivity (Wildman–Crippen MR) is 163 cm³/mol. The summed E-state index contributed by atoms with van der Waals surface area (Å²) in [5.41, 5.74) is 2.59. The lowest BCUT2D eigenvalue weighted by atomic mass is 9.93. The molecule has 6 rings (SSSR count). The van der Waals surface area contributed by atoms with Gasteiger partial charge in [-0.05, 0) is 93.5 Å². The lowest BCUT2D eigenvalue weighted by molar-refractivity contribution is -0.142. The van der Waals surface area contributed by atoms with Gasteiger partial charge >= 0.3 is 5.97 Å². The van der Waals surface area contributed by atoms with Gasteiger partial charge in [-0.15, -0.1) is 0 Å². The molecule has 0 spiro atoms. The van der Waals surface area contributed by atoms with E-state index in [0.29, 0.717) is 46.0 Å². The maximum Gasteiger partial charge on any atom is 0.305 e. The quantitative estimate of drug-likeness (QED) is 0.327. The topological polar surface area (TPSA) is 92.7 Å². The Bertz CT molecular complexity index is 1380. The van der Waals surface area contributed by atoms with Crippen LogP contribution in [0.2, 0.25) is 10.0 Å². The molecule has 11 heteroatoms. The van der Waals surface area contributed by atoms with Crippen molar-refractivity contribution in [2.24, 2.45) is 11.8 Å². The number of aromatic nitrogens is 3. The van der Waals surface area contributed by atoms with Crippen LogP contribution in [0, 0.1) is 11.8 Å². The maximum atomic E-state index is 11.7. The molecule has 0 aliphatic carbocycles. The number of nitrogens with zero attached hydrogens (tertiary/aromatic N) is 5. The minimum absolute atomic E-state index is 0.137. The third-order valence-corrected chi connectivity index (χ3v) is 9.06. The number of piperidine rings is 2. The highest BCUT2D eigenvalue weighted by Gasteiger charge is 2.37. The monoisotopic (exact) mass is 610 g/mol. The molecule has 3 aromatic rings. The van der Waals surface area contributed by atoms with Crippen LogP contribution < -0.4 is 15.0 Å². The van der Waals surface area contributed by atoms with Crippen molar-refractivity contribution < 1.29 is 14.3 Å². The van der Waals surface area contributed by atoms with Gasteiger partial charge in [-0.1, -0.05) is 23.2 Å². The average molecular weight is 612 g/mol. The summed E-state index contributed by atoms with van der Waals surface area (Å²) < 4.78 is 11.1. The van der Waals surface area contributed by atoms with E-state index in [0.717, 1.165) is 87.7 Å². The van der Waals surface area contributed by atoms with Crippen molar-refractivity contribution in [1.82, 2.24) is 25.2 Å². The predicted octanol–water partition coefficient (Wildman–Crippen LogP) is 5.60. The number of carbonyl (C=O) groups excluding carboxylic acids is 1. The smallest absolute Gasteiger partial charge is 0.305 e. The fraction of sp³-hybridized carbons (Fsp3) is 0.484. The number of anilines is 1. The van der Waals surface area contributed by atoms with Crippen molar-refractivity contribution in [3.05, 3.63) is 58.3 Å². The van der Waals surface area contributed by atoms with Crippen LogP contribution in [-0.4, -0.2) is 71.7 Å². The van der Waals surface area contributed by atoms with Crippen molar-refractivity contribution in [2.75, 3.05) is 44.7 Å². The number of hydrogen-bond acceptors (Lipinski definition) is 9. The molecule has 5 heterocycles. The zero-order valence-corrected chi connectivity index (χ0v) is 25.3. The summed E-state index contributed by atoms with van der Waals surface area (Å²) in [6.45, 7) is 5.62. The van der Waals surface area contributed by atoms with Crippen LogP contribution in [-0.2, 0) is 16.1 Å². The molecule has 3 aliphatic heterocycles. The van der Waals surface area contributed by atoms with Gasteiger partial charge < -0.3 is 19.7 Å². The Labute approximate surface area is 256 Å². The number of halogens is 2. The number of nitrogens with one attached hydrogen (secondary N) is 1. The number of methoxy groups -OCH3 is 1. The third kappa shape index (κ3) is 6.97. The summed E-state index contributed by atoms with van der Waals surface area (Å²) >= 11 is 12.7. The van der Waals surface area contributed by atoms with Crippen LogP contribution in [0.5, 0.6) is 11.6 Å². The maximum absolute atomic E-state index is 11.7. The largest absolute Gasteiger partial charge is 0.469 e. The van der Waals surface area contributed by atoms with E-state index in [1.807, 2.05) is 18.2 Å². The average Bonchev–Trinajstić information content (AvgIpc) is 3.42. The first kappa shape index (κ1) is 29.1. The fourth-order valence-corrected chi connectivity index (χ4v) is 6.97. The van der Waals surface area contributed by atoms with Gasteiger partial charge in [-0.25, -0.2) is 15.0 Å². The molecule has 1 N–H and O–H groups in total. The van der Waals surface area contributed by atoms with Crippen molar-refractivity contribution in [3.8, 4) is 22.9 Å². The van der Waals surface area contributed by atoms with Gasteiger partial charge in [0.15, 0.2) is 5.75 Å². The minimum Gasteiger partial charge on any atom is -0.469 e. The molecule has 3 aliphatic rings. The zero-order chi connectivity index (χ0) is 29.1. The zero-order valence-electron chi connectivity index (χ0n) is 23.8. The number of rotatable bonds is 8. The normalized spacial score (nSPS) is 21.3. The summed E-state index contributed by atoms with van der Waals surface area (Å²) in [4.78, 5) is 30.6. The van der Waals surface area contributed by atoms with E-state index in [2.05, 4.69) is 31.2 Å². The number of hydrogen-bond donors (Lipinski definition) is 1. The van der Waals surface area contributed by atoms with Gasteiger partial charge in [0.1, 0.15) is 0 Å². The molecule has 2 atom stereocenters. The van der Waals surface area contributed by atoms with E-state index in [1.165, 1.54) is 7.11 Å². The molecule has 3 saturated heterocycles. The Hall–Kier alpha value is -2.98. The van der Waals surface area contributed by atoms with Crippen LogP contribution in [0.25, 0.3) is 11.3 Å². The second-order valence-corrected chi connectivity index (χ2v) is 12.4. The van der Waals surface area contributed by atoms with Crippen molar-refractivity contribution >= 4 is 35.1 Å². The van der Waals surface area contributed by atoms with E-state index >= 15 is 0 Å². The Morgan fingerprint density at radius 1 is 1.00 bits per heavy atom. The molecule has 0 saturated carbocycles. The Balaban J connectivity index is 1.19. The van der Waals surface area contributed by atoms with E-state index in [4.69, 9.17) is 37.7 Å². The molecule has 222 valence electrons. The number of likely N-dealkylation sites (tertiary alicyclic amines) is 1. The number of carbonyl (C=O) groups is 1. The van der Waals surface area contributed by atoms with Crippen molar-refractivity contribution in [1.29, 1.82) is 0 Å². The molecular formula is C31H36Cl2N6O3. The van der Waals surface area contributed by atoms with E-state index in [9.17, 15) is 4.79 Å². The number of pyridine rings is 1. The van der Waals surface area contributed by atoms with Gasteiger partial charge in [0, 0.05) is 47.2 Å². The summed E-state index contributed by atoms with van der Waals surface area (Å²) in [6.07, 6.45) is 8.13. The summed E-state index contributed by atoms with van der Waals surface area (Å²) in [5.74, 6) is 2.62. The first-order chi connectivity index (χ1) is 20.4. The summed E-state index contributed by atoms with van der Waals surface area (Å²) in [7, 11) is 1.45. The molecule has 42 heavy (non-hydrogen) atoms. The first-order valence-corrected chi connectivity index (χ1v) is 15.4. The molecule has 2 aromatic heterocycles. The highest BCUT2D eigenvalue weighted by molar-refractivity contribution is 6.35. The minimum atomic E-state index is -0.137. The Morgan fingerprint density at radius 3 is 2.50 bits per heavy atom. The number of ether oxygens (including phenoxy) is 2. The van der Waals surface area contributed by atoms with Gasteiger partial charge in [-0.3, -0.25) is 9.69 Å². The molecular weight excluding hydrogens is 575 g/mol. The van der Waals surface area contributed by atoms with Gasteiger partial charge in [0.25, 0.3) is 0 Å². The second kappa shape index (κ2) is 13.1. The fourth-order valence-electron chi connectivity index (χ4n) is 6.44. The van der Waals surface area contributed by atoms with Crippen LogP contribution in [0.15, 0.2) is 42.7 Å². The first-order valence-electron chi connectivity index (χ1n) is 14.7. The number of fused-ring (bicyclic) bond motifs is 1. The number of esters is 1. The number of benzene rings is 1. The van der Waals surface area contributed by atoms with Gasteiger partial charge in [0.2, 0.25) is 11.8 Å². The summed E-state index contributed by atoms with van der Waals surface area (Å²) in [6, 6.07) is 9.92. The molecule has 0 radical (unpaired) electrons. The molecule has 0 amide bonds. The Morgan fingerprint density at radius 2 is 1.76 bits per heavy atom. The highest BCUT2D eigenvalue weighted by atomic mass is 35.5. The third-order valence-electron chi connectivity index (χ3n) is 8.62. The van der Waals surface area contributed by atoms with Crippen molar-refractivity contribution in [3.63, 3.8) is 0 Å². The molecule has 0 bridgehead atoms. The van der Waals surface area contributed by atoms with Gasteiger partial charge in [-0.2, -0.15) is 0 Å². The lowest BCUT2D eigenvalue weighted by Gasteiger charge is -2.32. The molecule has 9 nitrogen and oxygen atoms in total. The van der Waals surface area contributed by atoms with Crippen molar-refractivity contribution in [2.45, 2.75) is 44.7 Å². The van der Waals surface area contributed by atoms with E-state index in [1.54, 1.807) is 18.5 Å². The molecule has 2 unspecified atom stereocenters. The summed E-state index contributed by atoms with van der Waals surface area (Å²) in [5, 5.41) is 4.59.